The van der Waals surface area contributed by atoms with E-state index >= 15 is 0 Å². The van der Waals surface area contributed by atoms with Crippen molar-refractivity contribution in [1.82, 2.24) is 20.2 Å². The monoisotopic (exact) mass is 399 g/mol. The van der Waals surface area contributed by atoms with Gasteiger partial charge in [0.1, 0.15) is 0 Å². The molecule has 1 fully saturated rings. The molecule has 2 aliphatic rings. The average Bonchev–Trinajstić information content (AvgIpc) is 3.21. The number of methoxy groups -OCH3 is 2. The van der Waals surface area contributed by atoms with E-state index in [2.05, 4.69) is 20.2 Å². The number of hydrogen-bond donors (Lipinski definition) is 1. The van der Waals surface area contributed by atoms with Gasteiger partial charge in [0.15, 0.2) is 11.5 Å². The zero-order valence-electron chi connectivity index (χ0n) is 16.7. The fourth-order valence-electron chi connectivity index (χ4n) is 3.48. The molecule has 0 unspecified atom stereocenters. The Morgan fingerprint density at radius 1 is 1.17 bits per heavy atom. The van der Waals surface area contributed by atoms with Gasteiger partial charge in [-0.05, 0) is 17.7 Å². The molecule has 0 atom stereocenters. The smallest absolute Gasteiger partial charge is 0.318 e. The zero-order chi connectivity index (χ0) is 20.2. The topological polar surface area (TPSA) is 89.1 Å². The molecule has 29 heavy (non-hydrogen) atoms. The molecule has 9 nitrogen and oxygen atoms in total. The Morgan fingerprint density at radius 3 is 2.72 bits per heavy atom. The fraction of sp³-hybridized carbons (Fsp3) is 0.450. The van der Waals surface area contributed by atoms with Gasteiger partial charge in [-0.2, -0.15) is 0 Å². The van der Waals surface area contributed by atoms with Gasteiger partial charge < -0.3 is 29.3 Å². The third-order valence-corrected chi connectivity index (χ3v) is 5.12. The van der Waals surface area contributed by atoms with Crippen molar-refractivity contribution in [3.8, 4) is 11.5 Å². The molecule has 2 amide bonds. The van der Waals surface area contributed by atoms with Crippen LogP contribution in [-0.4, -0.2) is 61.4 Å². The lowest BCUT2D eigenvalue weighted by atomic mass is 10.2. The minimum atomic E-state index is -0.134. The molecule has 0 saturated carbocycles. The number of urea groups is 1. The molecule has 1 N–H and O–H groups in total. The maximum Gasteiger partial charge on any atom is 0.318 e. The molecule has 1 aromatic carbocycles. The number of hydrogen-bond acceptors (Lipinski definition) is 7. The van der Waals surface area contributed by atoms with Gasteiger partial charge in [0.25, 0.3) is 0 Å². The largest absolute Gasteiger partial charge is 0.493 e. The standard InChI is InChI=1S/C20H25N5O4/c1-27-17-4-3-14(9-18(17)28-2)10-22-20(26)25-12-15-11-21-19(23-16(15)13-25)24-5-7-29-8-6-24/h3-4,9,11H,5-8,10,12-13H2,1-2H3,(H,22,26). The Kier molecular flexibility index (Phi) is 5.66. The van der Waals surface area contributed by atoms with Gasteiger partial charge in [-0.3, -0.25) is 0 Å². The number of fused-ring (bicyclic) bond motifs is 1. The second kappa shape index (κ2) is 8.52. The third-order valence-electron chi connectivity index (χ3n) is 5.12. The van der Waals surface area contributed by atoms with Crippen molar-refractivity contribution in [3.63, 3.8) is 0 Å². The van der Waals surface area contributed by atoms with Crippen LogP contribution in [0.15, 0.2) is 24.4 Å². The summed E-state index contributed by atoms with van der Waals surface area (Å²) in [5, 5.41) is 2.96. The third kappa shape index (κ3) is 4.19. The first kappa shape index (κ1) is 19.3. The molecule has 1 aromatic heterocycles. The summed E-state index contributed by atoms with van der Waals surface area (Å²) >= 11 is 0. The van der Waals surface area contributed by atoms with Crippen LogP contribution < -0.4 is 19.7 Å². The number of ether oxygens (including phenoxy) is 3. The fourth-order valence-corrected chi connectivity index (χ4v) is 3.48. The number of carbonyl (C=O) groups is 1. The van der Waals surface area contributed by atoms with E-state index in [9.17, 15) is 4.79 Å². The average molecular weight is 399 g/mol. The Balaban J connectivity index is 1.36. The van der Waals surface area contributed by atoms with Gasteiger partial charge in [0.2, 0.25) is 5.95 Å². The molecule has 1 saturated heterocycles. The van der Waals surface area contributed by atoms with E-state index in [4.69, 9.17) is 14.2 Å². The van der Waals surface area contributed by atoms with Crippen LogP contribution >= 0.6 is 0 Å². The van der Waals surface area contributed by atoms with Gasteiger partial charge in [0, 0.05) is 31.4 Å². The summed E-state index contributed by atoms with van der Waals surface area (Å²) in [5.74, 6) is 2.01. The van der Waals surface area contributed by atoms with Crippen molar-refractivity contribution in [3.05, 3.63) is 41.2 Å². The lowest BCUT2D eigenvalue weighted by Gasteiger charge is -2.26. The highest BCUT2D eigenvalue weighted by atomic mass is 16.5. The van der Waals surface area contributed by atoms with Crippen molar-refractivity contribution >= 4 is 12.0 Å². The van der Waals surface area contributed by atoms with E-state index in [-0.39, 0.29) is 6.03 Å². The van der Waals surface area contributed by atoms with E-state index in [0.29, 0.717) is 50.3 Å². The van der Waals surface area contributed by atoms with E-state index in [1.165, 1.54) is 0 Å². The number of rotatable bonds is 5. The normalized spacial score (nSPS) is 15.8. The van der Waals surface area contributed by atoms with Crippen LogP contribution in [0.5, 0.6) is 11.5 Å². The maximum atomic E-state index is 12.6. The van der Waals surface area contributed by atoms with Gasteiger partial charge in [-0.1, -0.05) is 6.07 Å². The molecule has 2 aliphatic heterocycles. The van der Waals surface area contributed by atoms with Crippen molar-refractivity contribution in [2.75, 3.05) is 45.4 Å². The summed E-state index contributed by atoms with van der Waals surface area (Å²) in [7, 11) is 3.19. The maximum absolute atomic E-state index is 12.6. The highest BCUT2D eigenvalue weighted by molar-refractivity contribution is 5.75. The summed E-state index contributed by atoms with van der Waals surface area (Å²) in [5.41, 5.74) is 2.83. The van der Waals surface area contributed by atoms with Crippen molar-refractivity contribution in [1.29, 1.82) is 0 Å². The molecule has 3 heterocycles. The molecular weight excluding hydrogens is 374 g/mol. The van der Waals surface area contributed by atoms with E-state index < -0.39 is 0 Å². The molecule has 9 heteroatoms. The number of anilines is 1. The zero-order valence-corrected chi connectivity index (χ0v) is 16.7. The van der Waals surface area contributed by atoms with Crippen LogP contribution in [0.2, 0.25) is 0 Å². The van der Waals surface area contributed by atoms with Crippen molar-refractivity contribution < 1.29 is 19.0 Å². The summed E-state index contributed by atoms with van der Waals surface area (Å²) in [6.45, 7) is 4.33. The van der Waals surface area contributed by atoms with Gasteiger partial charge in [-0.25, -0.2) is 14.8 Å². The molecule has 0 radical (unpaired) electrons. The van der Waals surface area contributed by atoms with Crippen LogP contribution in [0.3, 0.4) is 0 Å². The van der Waals surface area contributed by atoms with Crippen LogP contribution in [0, 0.1) is 0 Å². The molecule has 2 aromatic rings. The number of nitrogens with zero attached hydrogens (tertiary/aromatic N) is 4. The molecule has 4 rings (SSSR count). The second-order valence-electron chi connectivity index (χ2n) is 6.95. The Bertz CT molecular complexity index is 885. The number of aromatic nitrogens is 2. The van der Waals surface area contributed by atoms with Gasteiger partial charge in [-0.15, -0.1) is 0 Å². The predicted molar refractivity (Wildman–Crippen MR) is 106 cm³/mol. The summed E-state index contributed by atoms with van der Waals surface area (Å²) in [4.78, 5) is 25.6. The molecule has 0 aliphatic carbocycles. The Hall–Kier alpha value is -3.07. The Morgan fingerprint density at radius 2 is 1.97 bits per heavy atom. The first-order chi connectivity index (χ1) is 14.2. The highest BCUT2D eigenvalue weighted by Gasteiger charge is 2.26. The van der Waals surface area contributed by atoms with Gasteiger partial charge >= 0.3 is 6.03 Å². The van der Waals surface area contributed by atoms with Crippen molar-refractivity contribution in [2.45, 2.75) is 19.6 Å². The number of amides is 2. The second-order valence-corrected chi connectivity index (χ2v) is 6.95. The summed E-state index contributed by atoms with van der Waals surface area (Å²) in [6.07, 6.45) is 1.83. The first-order valence-corrected chi connectivity index (χ1v) is 9.59. The predicted octanol–water partition coefficient (Wildman–Crippen LogP) is 1.56. The number of nitrogens with one attached hydrogen (secondary N) is 1. The summed E-state index contributed by atoms with van der Waals surface area (Å²) < 4.78 is 15.9. The number of benzene rings is 1. The summed E-state index contributed by atoms with van der Waals surface area (Å²) in [6, 6.07) is 5.46. The lowest BCUT2D eigenvalue weighted by Crippen LogP contribution is -2.37. The number of morpholine rings is 1. The SMILES string of the molecule is COc1ccc(CNC(=O)N2Cc3cnc(N4CCOCC4)nc3C2)cc1OC. The molecule has 0 bridgehead atoms. The molecule has 0 spiro atoms. The van der Waals surface area contributed by atoms with E-state index in [1.54, 1.807) is 19.1 Å². The van der Waals surface area contributed by atoms with Crippen LogP contribution in [-0.2, 0) is 24.4 Å². The van der Waals surface area contributed by atoms with Crippen LogP contribution in [0.25, 0.3) is 0 Å². The van der Waals surface area contributed by atoms with Gasteiger partial charge in [0.05, 0.1) is 46.2 Å². The van der Waals surface area contributed by atoms with Crippen LogP contribution in [0.4, 0.5) is 10.7 Å². The molecule has 154 valence electrons. The first-order valence-electron chi connectivity index (χ1n) is 9.59. The molecular formula is C20H25N5O4. The minimum Gasteiger partial charge on any atom is -0.493 e. The van der Waals surface area contributed by atoms with E-state index in [0.717, 1.165) is 29.9 Å². The number of carbonyl (C=O) groups excluding carboxylic acids is 1. The quantitative estimate of drug-likeness (QED) is 0.816. The lowest BCUT2D eigenvalue weighted by molar-refractivity contribution is 0.122. The van der Waals surface area contributed by atoms with E-state index in [1.807, 2.05) is 24.4 Å². The van der Waals surface area contributed by atoms with Crippen LogP contribution in [0.1, 0.15) is 16.8 Å². The van der Waals surface area contributed by atoms with Crippen molar-refractivity contribution in [2.24, 2.45) is 0 Å². The minimum absolute atomic E-state index is 0.134. The Labute approximate surface area is 169 Å². The highest BCUT2D eigenvalue weighted by Crippen LogP contribution is 2.27.